The van der Waals surface area contributed by atoms with E-state index in [-0.39, 0.29) is 18.8 Å². The number of carbonyl (C=O) groups is 2. The topological polar surface area (TPSA) is 113 Å². The summed E-state index contributed by atoms with van der Waals surface area (Å²) in [6.07, 6.45) is -2.53. The number of carbonyl (C=O) groups excluding carboxylic acids is 1. The number of para-hydroxylation sites is 1. The molecule has 2 rings (SSSR count). The third kappa shape index (κ3) is 4.11. The predicted octanol–water partition coefficient (Wildman–Crippen LogP) is 0.766. The summed E-state index contributed by atoms with van der Waals surface area (Å²) in [5, 5.41) is 16.0. The molecule has 0 aromatic heterocycles. The molecule has 1 aliphatic rings. The number of amides is 2. The van der Waals surface area contributed by atoms with Gasteiger partial charge in [0, 0.05) is 0 Å². The molecule has 0 aliphatic carbocycles. The van der Waals surface area contributed by atoms with Gasteiger partial charge in [-0.2, -0.15) is 0 Å². The van der Waals surface area contributed by atoms with Crippen LogP contribution < -0.4 is 10.6 Å². The molecule has 1 heterocycles. The average Bonchev–Trinajstić information content (AvgIpc) is 2.70. The molecule has 0 radical (unpaired) electrons. The van der Waals surface area contributed by atoms with E-state index in [1.54, 1.807) is 12.1 Å². The van der Waals surface area contributed by atoms with Gasteiger partial charge in [0.25, 0.3) is 0 Å². The van der Waals surface area contributed by atoms with Gasteiger partial charge >= 0.3 is 12.2 Å². The van der Waals surface area contributed by atoms with Gasteiger partial charge in [0.2, 0.25) is 0 Å². The molecule has 1 atom stereocenters. The molecule has 8 heteroatoms. The van der Waals surface area contributed by atoms with E-state index in [2.05, 4.69) is 5.73 Å². The minimum atomic E-state index is -1.33. The lowest BCUT2D eigenvalue weighted by molar-refractivity contribution is 0.0963. The first-order valence-corrected chi connectivity index (χ1v) is 5.27. The number of hydrogen-bond donors (Lipinski definition) is 3. The number of nitrogens with zero attached hydrogens (tertiary/aromatic N) is 1. The summed E-state index contributed by atoms with van der Waals surface area (Å²) in [6.45, 7) is -0.0764. The molecule has 1 aliphatic heterocycles. The molecule has 7 nitrogen and oxygen atoms in total. The smallest absolute Gasteiger partial charge is 0.414 e. The SMILES string of the molecule is NC(=O)O.O=C1OC(CO)CN1c1ccccc1F. The lowest BCUT2D eigenvalue weighted by Crippen LogP contribution is -2.26. The number of anilines is 1. The van der Waals surface area contributed by atoms with E-state index in [0.29, 0.717) is 0 Å². The van der Waals surface area contributed by atoms with E-state index in [1.807, 2.05) is 0 Å². The summed E-state index contributed by atoms with van der Waals surface area (Å²) >= 11 is 0. The first-order valence-electron chi connectivity index (χ1n) is 5.27. The highest BCUT2D eigenvalue weighted by Gasteiger charge is 2.32. The van der Waals surface area contributed by atoms with Crippen LogP contribution in [0.3, 0.4) is 0 Å². The zero-order chi connectivity index (χ0) is 14.4. The minimum absolute atomic E-state index is 0.177. The molecule has 1 unspecified atom stereocenters. The Balaban J connectivity index is 0.000000399. The Hall–Kier alpha value is -2.35. The fourth-order valence-corrected chi connectivity index (χ4v) is 1.48. The molecule has 1 aromatic rings. The Labute approximate surface area is 108 Å². The minimum Gasteiger partial charge on any atom is -0.465 e. The lowest BCUT2D eigenvalue weighted by atomic mass is 10.2. The second-order valence-electron chi connectivity index (χ2n) is 3.59. The first-order chi connectivity index (χ1) is 8.95. The number of cyclic esters (lactones) is 1. The third-order valence-corrected chi connectivity index (χ3v) is 2.22. The molecular formula is C11H13FN2O5. The molecule has 1 aromatic carbocycles. The van der Waals surface area contributed by atoms with E-state index in [1.165, 1.54) is 17.0 Å². The van der Waals surface area contributed by atoms with Crippen LogP contribution in [0.25, 0.3) is 0 Å². The number of rotatable bonds is 2. The van der Waals surface area contributed by atoms with Crippen LogP contribution in [0.2, 0.25) is 0 Å². The monoisotopic (exact) mass is 272 g/mol. The maximum atomic E-state index is 13.3. The van der Waals surface area contributed by atoms with Crippen molar-refractivity contribution in [1.29, 1.82) is 0 Å². The second kappa shape index (κ2) is 6.55. The highest BCUT2D eigenvalue weighted by Crippen LogP contribution is 2.23. The summed E-state index contributed by atoms with van der Waals surface area (Å²) in [5.74, 6) is -0.479. The fraction of sp³-hybridized carbons (Fsp3) is 0.273. The van der Waals surface area contributed by atoms with Gasteiger partial charge in [-0.25, -0.2) is 14.0 Å². The Kier molecular flexibility index (Phi) is 5.07. The number of carboxylic acid groups (broad SMARTS) is 1. The molecule has 0 saturated carbocycles. The van der Waals surface area contributed by atoms with Crippen molar-refractivity contribution in [1.82, 2.24) is 0 Å². The van der Waals surface area contributed by atoms with Crippen molar-refractivity contribution in [2.75, 3.05) is 18.1 Å². The second-order valence-corrected chi connectivity index (χ2v) is 3.59. The van der Waals surface area contributed by atoms with Crippen LogP contribution in [0.4, 0.5) is 19.7 Å². The zero-order valence-corrected chi connectivity index (χ0v) is 9.82. The van der Waals surface area contributed by atoms with Crippen molar-refractivity contribution in [2.45, 2.75) is 6.10 Å². The number of halogens is 1. The quantitative estimate of drug-likeness (QED) is 0.735. The summed E-state index contributed by atoms with van der Waals surface area (Å²) in [6, 6.07) is 5.95. The Morgan fingerprint density at radius 2 is 2.11 bits per heavy atom. The van der Waals surface area contributed by atoms with Crippen LogP contribution in [0.1, 0.15) is 0 Å². The van der Waals surface area contributed by atoms with Gasteiger partial charge in [-0.3, -0.25) is 4.90 Å². The number of benzene rings is 1. The number of ether oxygens (including phenoxy) is 1. The fourth-order valence-electron chi connectivity index (χ4n) is 1.48. The van der Waals surface area contributed by atoms with Crippen molar-refractivity contribution in [3.63, 3.8) is 0 Å². The molecule has 104 valence electrons. The van der Waals surface area contributed by atoms with Crippen LogP contribution in [0.5, 0.6) is 0 Å². The number of hydrogen-bond acceptors (Lipinski definition) is 4. The highest BCUT2D eigenvalue weighted by atomic mass is 19.1. The molecule has 19 heavy (non-hydrogen) atoms. The van der Waals surface area contributed by atoms with Crippen LogP contribution in [-0.2, 0) is 4.74 Å². The van der Waals surface area contributed by atoms with Gasteiger partial charge in [-0.05, 0) is 12.1 Å². The van der Waals surface area contributed by atoms with Gasteiger partial charge in [-0.1, -0.05) is 12.1 Å². The van der Waals surface area contributed by atoms with Gasteiger partial charge in [0.05, 0.1) is 18.8 Å². The Morgan fingerprint density at radius 1 is 1.53 bits per heavy atom. The van der Waals surface area contributed by atoms with E-state index < -0.39 is 24.1 Å². The summed E-state index contributed by atoms with van der Waals surface area (Å²) < 4.78 is 18.1. The first kappa shape index (κ1) is 14.7. The van der Waals surface area contributed by atoms with Crippen molar-refractivity contribution in [3.05, 3.63) is 30.1 Å². The highest BCUT2D eigenvalue weighted by molar-refractivity contribution is 5.89. The normalized spacial score (nSPS) is 17.5. The third-order valence-electron chi connectivity index (χ3n) is 2.22. The van der Waals surface area contributed by atoms with Gasteiger partial charge in [0.1, 0.15) is 11.9 Å². The number of nitrogens with two attached hydrogens (primary N) is 1. The van der Waals surface area contributed by atoms with Gasteiger partial charge in [0.15, 0.2) is 0 Å². The van der Waals surface area contributed by atoms with E-state index in [9.17, 15) is 9.18 Å². The van der Waals surface area contributed by atoms with Crippen LogP contribution >= 0.6 is 0 Å². The van der Waals surface area contributed by atoms with Crippen molar-refractivity contribution in [2.24, 2.45) is 5.73 Å². The molecule has 0 spiro atoms. The molecule has 1 saturated heterocycles. The number of aliphatic hydroxyl groups is 1. The van der Waals surface area contributed by atoms with Crippen molar-refractivity contribution >= 4 is 17.9 Å². The van der Waals surface area contributed by atoms with E-state index in [4.69, 9.17) is 19.7 Å². The van der Waals surface area contributed by atoms with Gasteiger partial charge in [-0.15, -0.1) is 0 Å². The van der Waals surface area contributed by atoms with Crippen LogP contribution in [0.15, 0.2) is 24.3 Å². The average molecular weight is 272 g/mol. The van der Waals surface area contributed by atoms with E-state index in [0.717, 1.165) is 0 Å². The molecule has 4 N–H and O–H groups in total. The standard InChI is InChI=1S/C10H10FNO3.CH3NO2/c11-8-3-1-2-4-9(8)12-5-7(6-13)15-10(12)14;2-1(3)4/h1-4,7,13H,5-6H2;2H2,(H,3,4). The predicted molar refractivity (Wildman–Crippen MR) is 63.3 cm³/mol. The summed E-state index contributed by atoms with van der Waals surface area (Å²) in [7, 11) is 0. The Morgan fingerprint density at radius 3 is 2.58 bits per heavy atom. The van der Waals surface area contributed by atoms with Crippen LogP contribution in [0, 0.1) is 5.82 Å². The van der Waals surface area contributed by atoms with Crippen molar-refractivity contribution in [3.8, 4) is 0 Å². The maximum Gasteiger partial charge on any atom is 0.414 e. The van der Waals surface area contributed by atoms with Crippen molar-refractivity contribution < 1.29 is 28.9 Å². The molecule has 0 bridgehead atoms. The molecular weight excluding hydrogens is 259 g/mol. The Bertz CT molecular complexity index is 464. The number of aliphatic hydroxyl groups excluding tert-OH is 1. The molecule has 1 fully saturated rings. The maximum absolute atomic E-state index is 13.3. The zero-order valence-electron chi connectivity index (χ0n) is 9.82. The van der Waals surface area contributed by atoms with E-state index >= 15 is 0 Å². The van der Waals surface area contributed by atoms with Crippen LogP contribution in [-0.4, -0.2) is 41.7 Å². The van der Waals surface area contributed by atoms with Gasteiger partial charge < -0.3 is 20.7 Å². The lowest BCUT2D eigenvalue weighted by Gasteiger charge is -2.12. The summed E-state index contributed by atoms with van der Waals surface area (Å²) in [5.41, 5.74) is 4.21. The molecule has 2 amide bonds. The summed E-state index contributed by atoms with van der Waals surface area (Å²) in [4.78, 5) is 21.3. The number of primary amides is 1. The largest absolute Gasteiger partial charge is 0.465 e.